The largest absolute Gasteiger partial charge is 0.309 e. The van der Waals surface area contributed by atoms with Crippen molar-refractivity contribution in [2.45, 2.75) is 26.2 Å². The maximum atomic E-state index is 4.80. The first kappa shape index (κ1) is 30.8. The number of fused-ring (bicyclic) bond motifs is 6. The van der Waals surface area contributed by atoms with Gasteiger partial charge in [-0.25, -0.2) is 0 Å². The molecule has 1 aliphatic carbocycles. The average Bonchev–Trinajstić information content (AvgIpc) is 3.62. The summed E-state index contributed by atoms with van der Waals surface area (Å²) in [4.78, 5) is 0. The summed E-state index contributed by atoms with van der Waals surface area (Å²) >= 11 is 0. The fourth-order valence-electron chi connectivity index (χ4n) is 8.35. The first-order valence-electron chi connectivity index (χ1n) is 17.8. The van der Waals surface area contributed by atoms with Gasteiger partial charge in [0, 0.05) is 27.4 Å². The maximum absolute atomic E-state index is 4.80. The maximum Gasteiger partial charge on any atom is 0.0544 e. The van der Waals surface area contributed by atoms with Gasteiger partial charge >= 0.3 is 0 Å². The van der Waals surface area contributed by atoms with Crippen LogP contribution in [0.4, 0.5) is 0 Å². The van der Waals surface area contributed by atoms with Gasteiger partial charge in [0.2, 0.25) is 0 Å². The van der Waals surface area contributed by atoms with Crippen molar-refractivity contribution >= 4 is 33.1 Å². The Morgan fingerprint density at radius 1 is 0.510 bits per heavy atom. The molecule has 51 heavy (non-hydrogen) atoms. The van der Waals surface area contributed by atoms with E-state index in [0.29, 0.717) is 0 Å². The molecule has 1 aromatic heterocycles. The molecule has 0 fully saturated rings. The van der Waals surface area contributed by atoms with Crippen molar-refractivity contribution in [2.24, 2.45) is 0 Å². The standard InChI is InChI=1S/C50H39N/c1-5-47(51-48-27-17-15-25-42(48)44-31-43-40-23-14-16-26-45(40)50(3,4)46(43)32-49(44)51)41-24-13-12-22-39(41)33(2)36-28-37(34-18-8-6-9-19-34)30-38(29-36)35-20-10-7-11-21-35/h5-32H,2H2,1,3-4H3/b47-5+. The summed E-state index contributed by atoms with van der Waals surface area (Å²) < 4.78 is 2.48. The lowest BCUT2D eigenvalue weighted by atomic mass is 9.82. The van der Waals surface area contributed by atoms with Gasteiger partial charge in [0.1, 0.15) is 0 Å². The van der Waals surface area contributed by atoms with Crippen LogP contribution < -0.4 is 0 Å². The summed E-state index contributed by atoms with van der Waals surface area (Å²) in [5, 5.41) is 2.53. The molecule has 0 N–H and O–H groups in total. The lowest BCUT2D eigenvalue weighted by Crippen LogP contribution is -2.15. The van der Waals surface area contributed by atoms with Crippen LogP contribution in [-0.4, -0.2) is 4.57 Å². The Morgan fingerprint density at radius 2 is 1.10 bits per heavy atom. The van der Waals surface area contributed by atoms with Crippen LogP contribution in [-0.2, 0) is 5.41 Å². The molecule has 0 amide bonds. The Balaban J connectivity index is 1.24. The van der Waals surface area contributed by atoms with E-state index in [1.54, 1.807) is 0 Å². The number of aromatic nitrogens is 1. The molecule has 244 valence electrons. The van der Waals surface area contributed by atoms with E-state index in [2.05, 4.69) is 195 Å². The van der Waals surface area contributed by atoms with Crippen LogP contribution >= 0.6 is 0 Å². The van der Waals surface area contributed by atoms with Gasteiger partial charge in [0.05, 0.1) is 11.0 Å². The number of benzene rings is 7. The minimum Gasteiger partial charge on any atom is -0.309 e. The molecule has 0 bridgehead atoms. The normalized spacial score (nSPS) is 13.4. The summed E-state index contributed by atoms with van der Waals surface area (Å²) in [6.07, 6.45) is 2.26. The predicted octanol–water partition coefficient (Wildman–Crippen LogP) is 13.4. The number of nitrogens with zero attached hydrogens (tertiary/aromatic N) is 1. The number of hydrogen-bond donors (Lipinski definition) is 0. The van der Waals surface area contributed by atoms with Crippen molar-refractivity contribution < 1.29 is 0 Å². The quantitative estimate of drug-likeness (QED) is 0.168. The smallest absolute Gasteiger partial charge is 0.0544 e. The summed E-state index contributed by atoms with van der Waals surface area (Å²) in [6.45, 7) is 11.7. The van der Waals surface area contributed by atoms with Crippen LogP contribution in [0.25, 0.3) is 66.5 Å². The van der Waals surface area contributed by atoms with Crippen molar-refractivity contribution in [2.75, 3.05) is 0 Å². The molecular weight excluding hydrogens is 615 g/mol. The molecule has 9 rings (SSSR count). The first-order chi connectivity index (χ1) is 24.9. The van der Waals surface area contributed by atoms with Gasteiger partial charge in [-0.1, -0.05) is 154 Å². The van der Waals surface area contributed by atoms with Crippen LogP contribution in [0.5, 0.6) is 0 Å². The average molecular weight is 654 g/mol. The molecule has 1 heteroatoms. The van der Waals surface area contributed by atoms with Crippen molar-refractivity contribution in [1.82, 2.24) is 4.57 Å². The molecule has 0 saturated carbocycles. The van der Waals surface area contributed by atoms with Crippen molar-refractivity contribution in [3.63, 3.8) is 0 Å². The van der Waals surface area contributed by atoms with Gasteiger partial charge in [-0.05, 0) is 105 Å². The van der Waals surface area contributed by atoms with Crippen LogP contribution in [0, 0.1) is 0 Å². The molecule has 0 saturated heterocycles. The van der Waals surface area contributed by atoms with Crippen molar-refractivity contribution in [3.8, 4) is 33.4 Å². The highest BCUT2D eigenvalue weighted by Gasteiger charge is 2.36. The van der Waals surface area contributed by atoms with E-state index >= 15 is 0 Å². The third-order valence-corrected chi connectivity index (χ3v) is 10.9. The van der Waals surface area contributed by atoms with E-state index in [1.165, 1.54) is 66.3 Å². The fraction of sp³-hybridized carbons (Fsp3) is 0.0800. The molecule has 0 unspecified atom stereocenters. The zero-order chi connectivity index (χ0) is 34.7. The lowest BCUT2D eigenvalue weighted by molar-refractivity contribution is 0.661. The van der Waals surface area contributed by atoms with E-state index in [-0.39, 0.29) is 5.41 Å². The second kappa shape index (κ2) is 12.0. The topological polar surface area (TPSA) is 4.93 Å². The third-order valence-electron chi connectivity index (χ3n) is 10.9. The van der Waals surface area contributed by atoms with Gasteiger partial charge in [0.15, 0.2) is 0 Å². The van der Waals surface area contributed by atoms with E-state index in [0.717, 1.165) is 28.0 Å². The molecule has 0 spiro atoms. The van der Waals surface area contributed by atoms with E-state index in [1.807, 2.05) is 0 Å². The summed E-state index contributed by atoms with van der Waals surface area (Å²) in [5.41, 5.74) is 18.0. The zero-order valence-electron chi connectivity index (χ0n) is 29.3. The van der Waals surface area contributed by atoms with E-state index in [4.69, 9.17) is 6.58 Å². The van der Waals surface area contributed by atoms with Gasteiger partial charge in [-0.3, -0.25) is 0 Å². The SMILES string of the molecule is C=C(c1cc(-c2ccccc2)cc(-c2ccccc2)c1)c1ccccc1/C(=C\C)n1c2ccccc2c2cc3c(cc21)C(C)(C)c1ccccc1-3. The van der Waals surface area contributed by atoms with Crippen LogP contribution in [0.2, 0.25) is 0 Å². The molecule has 8 aromatic rings. The Labute approximate surface area is 300 Å². The molecule has 1 aliphatic rings. The highest BCUT2D eigenvalue weighted by molar-refractivity contribution is 6.13. The van der Waals surface area contributed by atoms with Crippen molar-refractivity contribution in [1.29, 1.82) is 0 Å². The van der Waals surface area contributed by atoms with Gasteiger partial charge in [0.25, 0.3) is 0 Å². The summed E-state index contributed by atoms with van der Waals surface area (Å²) in [6, 6.07) is 59.6. The molecule has 0 radical (unpaired) electrons. The molecule has 1 nitrogen and oxygen atoms in total. The second-order valence-corrected chi connectivity index (χ2v) is 14.2. The Bertz CT molecular complexity index is 2610. The molecular formula is C50H39N. The number of allylic oxidation sites excluding steroid dienone is 1. The highest BCUT2D eigenvalue weighted by Crippen LogP contribution is 2.51. The molecule has 7 aromatic carbocycles. The van der Waals surface area contributed by atoms with Gasteiger partial charge in [-0.15, -0.1) is 0 Å². The summed E-state index contributed by atoms with van der Waals surface area (Å²) in [7, 11) is 0. The van der Waals surface area contributed by atoms with Crippen LogP contribution in [0.1, 0.15) is 48.6 Å². The Morgan fingerprint density at radius 3 is 1.78 bits per heavy atom. The minimum atomic E-state index is -0.0933. The van der Waals surface area contributed by atoms with Crippen LogP contribution in [0.15, 0.2) is 176 Å². The predicted molar refractivity (Wildman–Crippen MR) is 218 cm³/mol. The monoisotopic (exact) mass is 653 g/mol. The number of rotatable bonds is 6. The molecule has 1 heterocycles. The van der Waals surface area contributed by atoms with Gasteiger partial charge < -0.3 is 4.57 Å². The Hall–Kier alpha value is -6.18. The van der Waals surface area contributed by atoms with Crippen molar-refractivity contribution in [3.05, 3.63) is 204 Å². The first-order valence-corrected chi connectivity index (χ1v) is 17.8. The second-order valence-electron chi connectivity index (χ2n) is 14.2. The summed E-state index contributed by atoms with van der Waals surface area (Å²) in [5.74, 6) is 0. The van der Waals surface area contributed by atoms with Crippen LogP contribution in [0.3, 0.4) is 0 Å². The number of para-hydroxylation sites is 1. The molecule has 0 atom stereocenters. The van der Waals surface area contributed by atoms with E-state index < -0.39 is 0 Å². The van der Waals surface area contributed by atoms with E-state index in [9.17, 15) is 0 Å². The highest BCUT2D eigenvalue weighted by atomic mass is 15.0. The minimum absolute atomic E-state index is 0.0933. The van der Waals surface area contributed by atoms with Gasteiger partial charge in [-0.2, -0.15) is 0 Å². The fourth-order valence-corrected chi connectivity index (χ4v) is 8.35. The molecule has 0 aliphatic heterocycles. The lowest BCUT2D eigenvalue weighted by Gasteiger charge is -2.22. The zero-order valence-corrected chi connectivity index (χ0v) is 29.3. The number of hydrogen-bond acceptors (Lipinski definition) is 0. The third kappa shape index (κ3) is 4.92. The Kier molecular flexibility index (Phi) is 7.26.